The second-order valence-electron chi connectivity index (χ2n) is 9.13. The van der Waals surface area contributed by atoms with Crippen LogP contribution in [0.3, 0.4) is 0 Å². The molecule has 39 heavy (non-hydrogen) atoms. The molecule has 6 heteroatoms. The van der Waals surface area contributed by atoms with E-state index in [9.17, 15) is 0 Å². The quantitative estimate of drug-likeness (QED) is 0.230. The Bertz CT molecular complexity index is 1950. The molecule has 7 aromatic rings. The topological polar surface area (TPSA) is 60.9 Å². The molecule has 3 heterocycles. The van der Waals surface area contributed by atoms with Gasteiger partial charge in [-0.3, -0.25) is 4.98 Å². The molecule has 0 atom stereocenters. The summed E-state index contributed by atoms with van der Waals surface area (Å²) in [4.78, 5) is 22.6. The standard InChI is InChI=1S/C33H20N6/c1-34-25-15-17-30-28(20-25)27-19-24(14-16-29(27)39(30)26-13-8-18-35-21-26)33-37-31(22-9-4-2-5-10-22)36-32(38-33)23-11-6-3-7-12-23/h2-21H. The van der Waals surface area contributed by atoms with E-state index in [2.05, 4.69) is 26.5 Å². The third-order valence-corrected chi connectivity index (χ3v) is 6.74. The van der Waals surface area contributed by atoms with Gasteiger partial charge in [-0.15, -0.1) is 0 Å². The predicted molar refractivity (Wildman–Crippen MR) is 155 cm³/mol. The molecule has 0 unspecified atom stereocenters. The Labute approximate surface area is 224 Å². The van der Waals surface area contributed by atoms with Crippen molar-refractivity contribution in [3.8, 4) is 39.9 Å². The van der Waals surface area contributed by atoms with E-state index in [-0.39, 0.29) is 0 Å². The van der Waals surface area contributed by atoms with Gasteiger partial charge in [-0.25, -0.2) is 19.8 Å². The van der Waals surface area contributed by atoms with E-state index in [0.717, 1.165) is 44.2 Å². The minimum Gasteiger partial charge on any atom is -0.308 e. The van der Waals surface area contributed by atoms with Gasteiger partial charge in [0.2, 0.25) is 0 Å². The van der Waals surface area contributed by atoms with Gasteiger partial charge in [-0.2, -0.15) is 0 Å². The molecule has 4 aromatic carbocycles. The van der Waals surface area contributed by atoms with Gasteiger partial charge in [-0.1, -0.05) is 66.7 Å². The Kier molecular flexibility index (Phi) is 5.39. The Hall–Kier alpha value is -5.67. The molecular weight excluding hydrogens is 480 g/mol. The molecule has 0 aliphatic heterocycles. The number of hydrogen-bond donors (Lipinski definition) is 0. The van der Waals surface area contributed by atoms with Gasteiger partial charge in [0, 0.05) is 28.3 Å². The number of hydrogen-bond acceptors (Lipinski definition) is 4. The lowest BCUT2D eigenvalue weighted by Gasteiger charge is -2.09. The summed E-state index contributed by atoms with van der Waals surface area (Å²) >= 11 is 0. The van der Waals surface area contributed by atoms with Crippen LogP contribution in [0.5, 0.6) is 0 Å². The monoisotopic (exact) mass is 500 g/mol. The summed E-state index contributed by atoms with van der Waals surface area (Å²) in [6, 6.07) is 35.9. The van der Waals surface area contributed by atoms with Crippen LogP contribution in [0.4, 0.5) is 5.69 Å². The molecule has 0 spiro atoms. The minimum atomic E-state index is 0.591. The molecule has 0 aliphatic carbocycles. The maximum Gasteiger partial charge on any atom is 0.188 e. The molecule has 0 radical (unpaired) electrons. The first-order chi connectivity index (χ1) is 19.3. The average Bonchev–Trinajstić information content (AvgIpc) is 3.35. The molecular formula is C33H20N6. The summed E-state index contributed by atoms with van der Waals surface area (Å²) in [6.07, 6.45) is 3.61. The first-order valence-corrected chi connectivity index (χ1v) is 12.5. The van der Waals surface area contributed by atoms with Crippen molar-refractivity contribution in [3.05, 3.63) is 133 Å². The molecule has 0 saturated carbocycles. The third-order valence-electron chi connectivity index (χ3n) is 6.74. The van der Waals surface area contributed by atoms with E-state index in [1.165, 1.54) is 0 Å². The molecule has 0 aliphatic rings. The Morgan fingerprint density at radius 3 is 1.74 bits per heavy atom. The van der Waals surface area contributed by atoms with Crippen LogP contribution in [-0.2, 0) is 0 Å². The van der Waals surface area contributed by atoms with Crippen LogP contribution in [0.2, 0.25) is 0 Å². The lowest BCUT2D eigenvalue weighted by molar-refractivity contribution is 1.07. The fraction of sp³-hybridized carbons (Fsp3) is 0. The number of pyridine rings is 1. The van der Waals surface area contributed by atoms with Crippen LogP contribution in [0.25, 0.3) is 66.5 Å². The summed E-state index contributed by atoms with van der Waals surface area (Å²) in [6.45, 7) is 7.57. The first-order valence-electron chi connectivity index (χ1n) is 12.5. The Morgan fingerprint density at radius 2 is 1.15 bits per heavy atom. The maximum atomic E-state index is 7.57. The van der Waals surface area contributed by atoms with Crippen molar-refractivity contribution in [2.75, 3.05) is 0 Å². The SMILES string of the molecule is [C-]#[N+]c1ccc2c(c1)c1cc(-c3nc(-c4ccccc4)nc(-c4ccccc4)n3)ccc1n2-c1cccnc1. The van der Waals surface area contributed by atoms with Crippen LogP contribution < -0.4 is 0 Å². The zero-order valence-corrected chi connectivity index (χ0v) is 20.7. The third kappa shape index (κ3) is 3.99. The van der Waals surface area contributed by atoms with Crippen LogP contribution in [-0.4, -0.2) is 24.5 Å². The molecule has 6 nitrogen and oxygen atoms in total. The Balaban J connectivity index is 1.48. The molecule has 0 fully saturated rings. The highest BCUT2D eigenvalue weighted by Crippen LogP contribution is 2.36. The summed E-state index contributed by atoms with van der Waals surface area (Å²) in [5.74, 6) is 1.83. The number of fused-ring (bicyclic) bond motifs is 3. The lowest BCUT2D eigenvalue weighted by Crippen LogP contribution is -2.00. The van der Waals surface area contributed by atoms with Gasteiger partial charge < -0.3 is 4.57 Å². The summed E-state index contributed by atoms with van der Waals surface area (Å²) in [7, 11) is 0. The molecule has 0 amide bonds. The van der Waals surface area contributed by atoms with Crippen LogP contribution >= 0.6 is 0 Å². The van der Waals surface area contributed by atoms with Crippen molar-refractivity contribution < 1.29 is 0 Å². The van der Waals surface area contributed by atoms with E-state index in [4.69, 9.17) is 21.5 Å². The summed E-state index contributed by atoms with van der Waals surface area (Å²) < 4.78 is 2.17. The minimum absolute atomic E-state index is 0.591. The average molecular weight is 501 g/mol. The highest BCUT2D eigenvalue weighted by molar-refractivity contribution is 6.11. The zero-order valence-electron chi connectivity index (χ0n) is 20.7. The van der Waals surface area contributed by atoms with Crippen molar-refractivity contribution >= 4 is 27.5 Å². The van der Waals surface area contributed by atoms with E-state index in [1.807, 2.05) is 103 Å². The van der Waals surface area contributed by atoms with E-state index >= 15 is 0 Å². The van der Waals surface area contributed by atoms with Gasteiger partial charge in [-0.05, 0) is 47.9 Å². The fourth-order valence-corrected chi connectivity index (χ4v) is 4.92. The van der Waals surface area contributed by atoms with Gasteiger partial charge >= 0.3 is 0 Å². The molecule has 0 bridgehead atoms. The first kappa shape index (κ1) is 22.5. The van der Waals surface area contributed by atoms with Crippen molar-refractivity contribution in [1.82, 2.24) is 24.5 Å². The summed E-state index contributed by atoms with van der Waals surface area (Å²) in [5, 5.41) is 2.00. The Morgan fingerprint density at radius 1 is 0.564 bits per heavy atom. The van der Waals surface area contributed by atoms with Crippen molar-refractivity contribution in [3.63, 3.8) is 0 Å². The van der Waals surface area contributed by atoms with Crippen molar-refractivity contribution in [2.24, 2.45) is 0 Å². The smallest absolute Gasteiger partial charge is 0.188 e. The van der Waals surface area contributed by atoms with E-state index in [0.29, 0.717) is 23.2 Å². The highest BCUT2D eigenvalue weighted by Gasteiger charge is 2.17. The van der Waals surface area contributed by atoms with Gasteiger partial charge in [0.1, 0.15) is 0 Å². The molecule has 3 aromatic heterocycles. The summed E-state index contributed by atoms with van der Waals surface area (Å²) in [5.41, 5.74) is 6.30. The van der Waals surface area contributed by atoms with Crippen LogP contribution in [0.15, 0.2) is 122 Å². The highest BCUT2D eigenvalue weighted by atomic mass is 15.0. The maximum absolute atomic E-state index is 7.57. The lowest BCUT2D eigenvalue weighted by atomic mass is 10.1. The number of rotatable bonds is 4. The zero-order chi connectivity index (χ0) is 26.2. The van der Waals surface area contributed by atoms with Gasteiger partial charge in [0.15, 0.2) is 23.2 Å². The second-order valence-corrected chi connectivity index (χ2v) is 9.13. The normalized spacial score (nSPS) is 11.1. The largest absolute Gasteiger partial charge is 0.308 e. The number of benzene rings is 4. The van der Waals surface area contributed by atoms with Crippen LogP contribution in [0, 0.1) is 6.57 Å². The van der Waals surface area contributed by atoms with E-state index in [1.54, 1.807) is 6.20 Å². The van der Waals surface area contributed by atoms with Crippen molar-refractivity contribution in [2.45, 2.75) is 0 Å². The molecule has 0 N–H and O–H groups in total. The van der Waals surface area contributed by atoms with E-state index < -0.39 is 0 Å². The molecule has 7 rings (SSSR count). The fourth-order valence-electron chi connectivity index (χ4n) is 4.92. The van der Waals surface area contributed by atoms with Crippen molar-refractivity contribution in [1.29, 1.82) is 0 Å². The number of aromatic nitrogens is 5. The second kappa shape index (κ2) is 9.33. The van der Waals surface area contributed by atoms with Gasteiger partial charge in [0.05, 0.1) is 29.5 Å². The predicted octanol–water partition coefficient (Wildman–Crippen LogP) is 7.92. The van der Waals surface area contributed by atoms with Gasteiger partial charge in [0.25, 0.3) is 0 Å². The molecule has 0 saturated heterocycles. The van der Waals surface area contributed by atoms with Crippen LogP contribution in [0.1, 0.15) is 0 Å². The number of nitrogens with zero attached hydrogens (tertiary/aromatic N) is 6. The molecule has 182 valence electrons.